The number of rotatable bonds is 4. The largest absolute Gasteiger partial charge is 0.508 e. The molecule has 0 unspecified atom stereocenters. The zero-order valence-corrected chi connectivity index (χ0v) is 12.9. The van der Waals surface area contributed by atoms with Crippen LogP contribution in [0.2, 0.25) is 0 Å². The molecule has 6 heteroatoms. The van der Waals surface area contributed by atoms with Gasteiger partial charge in [0.05, 0.1) is 5.92 Å². The number of carbonyl (C=O) groups is 2. The Kier molecular flexibility index (Phi) is 4.46. The van der Waals surface area contributed by atoms with E-state index in [-0.39, 0.29) is 29.8 Å². The molecule has 1 saturated heterocycles. The van der Waals surface area contributed by atoms with E-state index in [1.54, 1.807) is 29.2 Å². The molecule has 24 heavy (non-hydrogen) atoms. The van der Waals surface area contributed by atoms with Gasteiger partial charge in [-0.3, -0.25) is 9.59 Å². The smallest absolute Gasteiger partial charge is 0.229 e. The predicted molar refractivity (Wildman–Crippen MR) is 86.7 cm³/mol. The van der Waals surface area contributed by atoms with Crippen LogP contribution in [0.5, 0.6) is 5.75 Å². The van der Waals surface area contributed by atoms with E-state index in [4.69, 9.17) is 0 Å². The average Bonchev–Trinajstić information content (AvgIpc) is 2.93. The van der Waals surface area contributed by atoms with Crippen molar-refractivity contribution in [1.82, 2.24) is 4.90 Å². The lowest BCUT2D eigenvalue weighted by molar-refractivity contribution is -0.128. The molecule has 0 aliphatic carbocycles. The third kappa shape index (κ3) is 3.71. The van der Waals surface area contributed by atoms with Gasteiger partial charge in [0.25, 0.3) is 0 Å². The van der Waals surface area contributed by atoms with Crippen LogP contribution in [0.15, 0.2) is 48.5 Å². The Morgan fingerprint density at radius 1 is 1.17 bits per heavy atom. The van der Waals surface area contributed by atoms with Crippen LogP contribution >= 0.6 is 0 Å². The minimum Gasteiger partial charge on any atom is -0.508 e. The molecule has 0 spiro atoms. The molecule has 3 rings (SSSR count). The van der Waals surface area contributed by atoms with Gasteiger partial charge in [0, 0.05) is 25.2 Å². The first kappa shape index (κ1) is 16.0. The van der Waals surface area contributed by atoms with Gasteiger partial charge < -0.3 is 15.3 Å². The monoisotopic (exact) mass is 328 g/mol. The summed E-state index contributed by atoms with van der Waals surface area (Å²) in [6.07, 6.45) is 0.158. The summed E-state index contributed by atoms with van der Waals surface area (Å²) in [5.74, 6) is -0.945. The molecule has 0 bridgehead atoms. The van der Waals surface area contributed by atoms with Gasteiger partial charge in [-0.25, -0.2) is 4.39 Å². The van der Waals surface area contributed by atoms with Crippen LogP contribution in [0.3, 0.4) is 0 Å². The number of nitrogens with one attached hydrogen (secondary N) is 1. The third-order valence-electron chi connectivity index (χ3n) is 4.01. The molecular weight excluding hydrogens is 311 g/mol. The number of hydrogen-bond acceptors (Lipinski definition) is 3. The normalized spacial score (nSPS) is 17.1. The molecule has 0 saturated carbocycles. The Labute approximate surface area is 138 Å². The number of benzene rings is 2. The van der Waals surface area contributed by atoms with Crippen LogP contribution in [0.25, 0.3) is 0 Å². The van der Waals surface area contributed by atoms with Crippen molar-refractivity contribution in [3.05, 3.63) is 59.9 Å². The summed E-state index contributed by atoms with van der Waals surface area (Å²) >= 11 is 0. The highest BCUT2D eigenvalue weighted by atomic mass is 19.1. The van der Waals surface area contributed by atoms with Gasteiger partial charge in [0.1, 0.15) is 11.6 Å². The lowest BCUT2D eigenvalue weighted by atomic mass is 10.1. The lowest BCUT2D eigenvalue weighted by Gasteiger charge is -2.16. The fourth-order valence-electron chi connectivity index (χ4n) is 2.70. The molecule has 2 aromatic rings. The maximum absolute atomic E-state index is 12.9. The van der Waals surface area contributed by atoms with E-state index in [0.717, 1.165) is 5.56 Å². The van der Waals surface area contributed by atoms with Gasteiger partial charge in [-0.15, -0.1) is 0 Å². The summed E-state index contributed by atoms with van der Waals surface area (Å²) in [5.41, 5.74) is 1.39. The maximum atomic E-state index is 12.9. The highest BCUT2D eigenvalue weighted by molar-refractivity contribution is 5.97. The van der Waals surface area contributed by atoms with Gasteiger partial charge in [-0.1, -0.05) is 12.1 Å². The Morgan fingerprint density at radius 3 is 2.50 bits per heavy atom. The van der Waals surface area contributed by atoms with E-state index in [1.807, 2.05) is 0 Å². The zero-order valence-electron chi connectivity index (χ0n) is 12.9. The summed E-state index contributed by atoms with van der Waals surface area (Å²) < 4.78 is 12.9. The molecule has 1 aliphatic rings. The van der Waals surface area contributed by atoms with Crippen LogP contribution in [-0.4, -0.2) is 28.4 Å². The minimum atomic E-state index is -0.424. The van der Waals surface area contributed by atoms with Crippen molar-refractivity contribution in [2.45, 2.75) is 13.0 Å². The number of carbonyl (C=O) groups excluding carboxylic acids is 2. The molecule has 2 aromatic carbocycles. The summed E-state index contributed by atoms with van der Waals surface area (Å²) in [4.78, 5) is 26.0. The van der Waals surface area contributed by atoms with Gasteiger partial charge >= 0.3 is 0 Å². The van der Waals surface area contributed by atoms with E-state index >= 15 is 0 Å². The predicted octanol–water partition coefficient (Wildman–Crippen LogP) is 2.52. The number of likely N-dealkylation sites (tertiary alicyclic amines) is 1. The maximum Gasteiger partial charge on any atom is 0.229 e. The van der Waals surface area contributed by atoms with Crippen molar-refractivity contribution in [2.24, 2.45) is 5.92 Å². The van der Waals surface area contributed by atoms with E-state index in [0.29, 0.717) is 18.8 Å². The first-order chi connectivity index (χ1) is 11.5. The van der Waals surface area contributed by atoms with E-state index in [1.165, 1.54) is 24.3 Å². The first-order valence-corrected chi connectivity index (χ1v) is 7.63. The zero-order chi connectivity index (χ0) is 17.1. The second kappa shape index (κ2) is 6.70. The van der Waals surface area contributed by atoms with E-state index in [2.05, 4.69) is 5.32 Å². The number of phenolic OH excluding ortho intramolecular Hbond substituents is 1. The molecule has 0 radical (unpaired) electrons. The standard InChI is InChI=1S/C18H17FN2O3/c19-14-3-1-12(2-4-14)10-21-11-13(9-17(21)23)18(24)20-15-5-7-16(22)8-6-15/h1-8,13,22H,9-11H2,(H,20,24)/t13-/m0/s1. The molecule has 1 atom stereocenters. The Balaban J connectivity index is 1.60. The third-order valence-corrected chi connectivity index (χ3v) is 4.01. The topological polar surface area (TPSA) is 69.6 Å². The molecule has 1 fully saturated rings. The summed E-state index contributed by atoms with van der Waals surface area (Å²) in [6.45, 7) is 0.697. The van der Waals surface area contributed by atoms with Crippen LogP contribution in [-0.2, 0) is 16.1 Å². The fraction of sp³-hybridized carbons (Fsp3) is 0.222. The molecule has 2 N–H and O–H groups in total. The Bertz CT molecular complexity index is 744. The average molecular weight is 328 g/mol. The SMILES string of the molecule is O=C(Nc1ccc(O)cc1)[C@H]1CC(=O)N(Cc2ccc(F)cc2)C1. The van der Waals surface area contributed by atoms with Crippen molar-refractivity contribution >= 4 is 17.5 Å². The number of aromatic hydroxyl groups is 1. The highest BCUT2D eigenvalue weighted by Gasteiger charge is 2.34. The van der Waals surface area contributed by atoms with Crippen LogP contribution in [0.4, 0.5) is 10.1 Å². The Morgan fingerprint density at radius 2 is 1.83 bits per heavy atom. The van der Waals surface area contributed by atoms with Crippen molar-refractivity contribution in [2.75, 3.05) is 11.9 Å². The van der Waals surface area contributed by atoms with Crippen molar-refractivity contribution in [3.63, 3.8) is 0 Å². The quantitative estimate of drug-likeness (QED) is 0.847. The molecular formula is C18H17FN2O3. The second-order valence-electron chi connectivity index (χ2n) is 5.84. The highest BCUT2D eigenvalue weighted by Crippen LogP contribution is 2.22. The number of anilines is 1. The van der Waals surface area contributed by atoms with Crippen LogP contribution < -0.4 is 5.32 Å². The van der Waals surface area contributed by atoms with Gasteiger partial charge in [-0.05, 0) is 42.0 Å². The van der Waals surface area contributed by atoms with Crippen molar-refractivity contribution < 1.29 is 19.1 Å². The minimum absolute atomic E-state index is 0.0924. The van der Waals surface area contributed by atoms with E-state index < -0.39 is 5.92 Å². The summed E-state index contributed by atoms with van der Waals surface area (Å²) in [5, 5.41) is 12.0. The number of nitrogens with zero attached hydrogens (tertiary/aromatic N) is 1. The second-order valence-corrected chi connectivity index (χ2v) is 5.84. The Hall–Kier alpha value is -2.89. The molecule has 1 aliphatic heterocycles. The van der Waals surface area contributed by atoms with Gasteiger partial charge in [0.2, 0.25) is 11.8 Å². The molecule has 1 heterocycles. The fourth-order valence-corrected chi connectivity index (χ4v) is 2.70. The summed E-state index contributed by atoms with van der Waals surface area (Å²) in [6, 6.07) is 12.1. The van der Waals surface area contributed by atoms with Crippen molar-refractivity contribution in [1.29, 1.82) is 0 Å². The molecule has 0 aromatic heterocycles. The number of phenols is 1. The number of hydrogen-bond donors (Lipinski definition) is 2. The molecule has 124 valence electrons. The summed E-state index contributed by atoms with van der Waals surface area (Å²) in [7, 11) is 0. The van der Waals surface area contributed by atoms with Gasteiger partial charge in [-0.2, -0.15) is 0 Å². The number of halogens is 1. The van der Waals surface area contributed by atoms with Crippen LogP contribution in [0, 0.1) is 11.7 Å². The first-order valence-electron chi connectivity index (χ1n) is 7.63. The lowest BCUT2D eigenvalue weighted by Crippen LogP contribution is -2.28. The number of amides is 2. The molecule has 5 nitrogen and oxygen atoms in total. The van der Waals surface area contributed by atoms with E-state index in [9.17, 15) is 19.1 Å². The van der Waals surface area contributed by atoms with Crippen molar-refractivity contribution in [3.8, 4) is 5.75 Å². The van der Waals surface area contributed by atoms with Gasteiger partial charge in [0.15, 0.2) is 0 Å². The van der Waals surface area contributed by atoms with Crippen LogP contribution in [0.1, 0.15) is 12.0 Å². The molecule has 2 amide bonds.